The Bertz CT molecular complexity index is 830. The van der Waals surface area contributed by atoms with E-state index >= 15 is 0 Å². The van der Waals surface area contributed by atoms with E-state index in [1.807, 2.05) is 0 Å². The molecule has 2 aromatic carbocycles. The number of guanidine groups is 1. The van der Waals surface area contributed by atoms with Gasteiger partial charge in [-0.2, -0.15) is 13.2 Å². The van der Waals surface area contributed by atoms with E-state index in [0.29, 0.717) is 31.2 Å². The van der Waals surface area contributed by atoms with Gasteiger partial charge in [-0.05, 0) is 35.7 Å². The van der Waals surface area contributed by atoms with Gasteiger partial charge in [0.05, 0.1) is 13.2 Å². The van der Waals surface area contributed by atoms with E-state index in [0.717, 1.165) is 11.1 Å². The smallest absolute Gasteiger partial charge is 0.411 e. The first kappa shape index (κ1) is 27.0. The highest BCUT2D eigenvalue weighted by Crippen LogP contribution is 2.18. The van der Waals surface area contributed by atoms with Crippen LogP contribution in [0.4, 0.5) is 17.6 Å². The summed E-state index contributed by atoms with van der Waals surface area (Å²) in [5, 5.41) is 6.22. The standard InChI is InChI=1S/C21H25F4N3O2.HI/c1-3-30-19-9-8-17(10-18(19)22)12-28-20(26-2)27-11-15-4-6-16(7-5-15)13-29-14-21(23,24)25;/h4-10H,3,11-14H2,1-2H3,(H2,26,27,28);1H. The number of hydrogen-bond acceptors (Lipinski definition) is 3. The molecular weight excluding hydrogens is 529 g/mol. The monoisotopic (exact) mass is 555 g/mol. The van der Waals surface area contributed by atoms with E-state index in [4.69, 9.17) is 4.74 Å². The summed E-state index contributed by atoms with van der Waals surface area (Å²) in [5.41, 5.74) is 2.31. The molecule has 0 aliphatic heterocycles. The second-order valence-corrected chi connectivity index (χ2v) is 6.40. The van der Waals surface area contributed by atoms with E-state index in [9.17, 15) is 17.6 Å². The van der Waals surface area contributed by atoms with Crippen molar-refractivity contribution in [3.63, 3.8) is 0 Å². The molecule has 0 amide bonds. The van der Waals surface area contributed by atoms with Crippen molar-refractivity contribution in [2.24, 2.45) is 4.99 Å². The highest BCUT2D eigenvalue weighted by Gasteiger charge is 2.27. The molecule has 0 heterocycles. The largest absolute Gasteiger partial charge is 0.491 e. The first-order valence-corrected chi connectivity index (χ1v) is 9.38. The van der Waals surface area contributed by atoms with Crippen LogP contribution in [0.5, 0.6) is 5.75 Å². The third-order valence-corrected chi connectivity index (χ3v) is 4.00. The SMILES string of the molecule is CCOc1ccc(CNC(=NC)NCc2ccc(COCC(F)(F)F)cc2)cc1F.I. The topological polar surface area (TPSA) is 54.9 Å². The van der Waals surface area contributed by atoms with E-state index in [2.05, 4.69) is 20.4 Å². The van der Waals surface area contributed by atoms with Crippen molar-refractivity contribution >= 4 is 29.9 Å². The Kier molecular flexibility index (Phi) is 11.6. The third kappa shape index (κ3) is 10.2. The molecule has 0 aliphatic rings. The van der Waals surface area contributed by atoms with E-state index in [-0.39, 0.29) is 36.3 Å². The predicted octanol–water partition coefficient (Wildman–Crippen LogP) is 4.79. The van der Waals surface area contributed by atoms with Crippen LogP contribution in [0.3, 0.4) is 0 Å². The van der Waals surface area contributed by atoms with Crippen LogP contribution in [0.25, 0.3) is 0 Å². The van der Waals surface area contributed by atoms with Gasteiger partial charge in [0, 0.05) is 20.1 Å². The van der Waals surface area contributed by atoms with Gasteiger partial charge >= 0.3 is 6.18 Å². The highest BCUT2D eigenvalue weighted by molar-refractivity contribution is 14.0. The number of nitrogens with one attached hydrogen (secondary N) is 2. The number of aliphatic imine (C=N–C) groups is 1. The van der Waals surface area contributed by atoms with Gasteiger partial charge in [-0.25, -0.2) is 4.39 Å². The lowest BCUT2D eigenvalue weighted by Gasteiger charge is -2.13. The first-order valence-electron chi connectivity index (χ1n) is 9.38. The summed E-state index contributed by atoms with van der Waals surface area (Å²) < 4.78 is 60.0. The number of benzene rings is 2. The molecule has 0 fully saturated rings. The normalized spacial score (nSPS) is 11.6. The van der Waals surface area contributed by atoms with Crippen molar-refractivity contribution in [2.75, 3.05) is 20.3 Å². The molecule has 0 radical (unpaired) electrons. The van der Waals surface area contributed by atoms with Crippen LogP contribution in [-0.4, -0.2) is 32.4 Å². The number of ether oxygens (including phenoxy) is 2. The summed E-state index contributed by atoms with van der Waals surface area (Å²) in [6, 6.07) is 11.8. The highest BCUT2D eigenvalue weighted by atomic mass is 127. The lowest BCUT2D eigenvalue weighted by Crippen LogP contribution is -2.36. The van der Waals surface area contributed by atoms with Crippen LogP contribution in [-0.2, 0) is 24.4 Å². The fraction of sp³-hybridized carbons (Fsp3) is 0.381. The molecule has 0 saturated carbocycles. The Hall–Kier alpha value is -2.08. The summed E-state index contributed by atoms with van der Waals surface area (Å²) >= 11 is 0. The van der Waals surface area contributed by atoms with Gasteiger partial charge in [0.15, 0.2) is 17.5 Å². The molecule has 0 unspecified atom stereocenters. The van der Waals surface area contributed by atoms with Gasteiger partial charge in [-0.15, -0.1) is 24.0 Å². The maximum absolute atomic E-state index is 13.9. The number of rotatable bonds is 9. The minimum atomic E-state index is -4.33. The van der Waals surface area contributed by atoms with Crippen molar-refractivity contribution in [1.82, 2.24) is 10.6 Å². The Morgan fingerprint density at radius 3 is 2.10 bits per heavy atom. The van der Waals surface area contributed by atoms with Crippen molar-refractivity contribution in [2.45, 2.75) is 32.8 Å². The fourth-order valence-electron chi connectivity index (χ4n) is 2.56. The fourth-order valence-corrected chi connectivity index (χ4v) is 2.56. The molecule has 2 N–H and O–H groups in total. The number of halogens is 5. The summed E-state index contributed by atoms with van der Waals surface area (Å²) in [6.45, 7) is 1.65. The molecule has 0 saturated heterocycles. The first-order chi connectivity index (χ1) is 14.3. The Balaban J connectivity index is 0.00000480. The summed E-state index contributed by atoms with van der Waals surface area (Å²) in [6.07, 6.45) is -4.33. The van der Waals surface area contributed by atoms with Crippen LogP contribution in [0.1, 0.15) is 23.6 Å². The summed E-state index contributed by atoms with van der Waals surface area (Å²) in [5.74, 6) is 0.330. The zero-order chi connectivity index (χ0) is 22.0. The zero-order valence-corrected chi connectivity index (χ0v) is 19.6. The van der Waals surface area contributed by atoms with Gasteiger partial charge in [-0.1, -0.05) is 30.3 Å². The molecule has 5 nitrogen and oxygen atoms in total. The van der Waals surface area contributed by atoms with Crippen molar-refractivity contribution in [3.8, 4) is 5.75 Å². The molecule has 2 aromatic rings. The van der Waals surface area contributed by atoms with Crippen LogP contribution < -0.4 is 15.4 Å². The van der Waals surface area contributed by atoms with Crippen molar-refractivity contribution in [1.29, 1.82) is 0 Å². The molecule has 0 spiro atoms. The van der Waals surface area contributed by atoms with Crippen molar-refractivity contribution in [3.05, 3.63) is 65.0 Å². The average Bonchev–Trinajstić information content (AvgIpc) is 2.70. The van der Waals surface area contributed by atoms with Gasteiger partial charge in [0.1, 0.15) is 6.61 Å². The third-order valence-electron chi connectivity index (χ3n) is 4.00. The minimum absolute atomic E-state index is 0. The molecule has 2 rings (SSSR count). The van der Waals surface area contributed by atoms with E-state index in [1.54, 1.807) is 50.4 Å². The minimum Gasteiger partial charge on any atom is -0.491 e. The van der Waals surface area contributed by atoms with Gasteiger partial charge in [0.2, 0.25) is 0 Å². The second-order valence-electron chi connectivity index (χ2n) is 6.40. The predicted molar refractivity (Wildman–Crippen MR) is 122 cm³/mol. The summed E-state index contributed by atoms with van der Waals surface area (Å²) in [7, 11) is 1.62. The zero-order valence-electron chi connectivity index (χ0n) is 17.3. The van der Waals surface area contributed by atoms with Crippen LogP contribution in [0.2, 0.25) is 0 Å². The average molecular weight is 555 g/mol. The van der Waals surface area contributed by atoms with Gasteiger partial charge < -0.3 is 20.1 Å². The van der Waals surface area contributed by atoms with Crippen molar-refractivity contribution < 1.29 is 27.0 Å². The maximum Gasteiger partial charge on any atom is 0.411 e. The number of hydrogen-bond donors (Lipinski definition) is 2. The van der Waals surface area contributed by atoms with Crippen LogP contribution >= 0.6 is 24.0 Å². The van der Waals surface area contributed by atoms with E-state index in [1.165, 1.54) is 6.07 Å². The van der Waals surface area contributed by atoms with Gasteiger partial charge in [-0.3, -0.25) is 4.99 Å². The molecule has 0 aromatic heterocycles. The molecule has 0 atom stereocenters. The molecule has 0 bridgehead atoms. The second kappa shape index (κ2) is 13.4. The Morgan fingerprint density at radius 2 is 1.55 bits per heavy atom. The lowest BCUT2D eigenvalue weighted by atomic mass is 10.1. The Labute approximate surface area is 196 Å². The van der Waals surface area contributed by atoms with Crippen LogP contribution in [0.15, 0.2) is 47.5 Å². The lowest BCUT2D eigenvalue weighted by molar-refractivity contribution is -0.176. The summed E-state index contributed by atoms with van der Waals surface area (Å²) in [4.78, 5) is 4.12. The maximum atomic E-state index is 13.9. The number of alkyl halides is 3. The molecule has 10 heteroatoms. The van der Waals surface area contributed by atoms with E-state index < -0.39 is 18.6 Å². The van der Waals surface area contributed by atoms with Gasteiger partial charge in [0.25, 0.3) is 0 Å². The Morgan fingerprint density at radius 1 is 0.968 bits per heavy atom. The quantitative estimate of drug-likeness (QED) is 0.202. The number of nitrogens with zero attached hydrogens (tertiary/aromatic N) is 1. The van der Waals surface area contributed by atoms with Crippen LogP contribution in [0, 0.1) is 5.82 Å². The molecule has 31 heavy (non-hydrogen) atoms. The molecule has 172 valence electrons. The molecular formula is C21H26F4IN3O2. The molecule has 0 aliphatic carbocycles.